The Morgan fingerprint density at radius 3 is 2.53 bits per heavy atom. The van der Waals surface area contributed by atoms with Crippen molar-refractivity contribution in [3.8, 4) is 0 Å². The third-order valence-corrected chi connectivity index (χ3v) is 3.08. The molecule has 0 fully saturated rings. The van der Waals surface area contributed by atoms with Gasteiger partial charge in [-0.1, -0.05) is 42.5 Å². The monoisotopic (exact) mass is 232 g/mol. The maximum absolute atomic E-state index is 5.87. The van der Waals surface area contributed by atoms with Crippen LogP contribution < -0.4 is 11.1 Å². The highest BCUT2D eigenvalue weighted by Gasteiger charge is 2.20. The summed E-state index contributed by atoms with van der Waals surface area (Å²) in [4.78, 5) is 0. The summed E-state index contributed by atoms with van der Waals surface area (Å²) < 4.78 is 0. The molecule has 0 spiro atoms. The molecule has 17 heavy (non-hydrogen) atoms. The molecule has 2 nitrogen and oxygen atoms in total. The molecule has 1 rings (SSSR count). The zero-order valence-corrected chi connectivity index (χ0v) is 11.0. The smallest absolute Gasteiger partial charge is 0.0281 e. The quantitative estimate of drug-likeness (QED) is 0.709. The zero-order valence-electron chi connectivity index (χ0n) is 11.0. The van der Waals surface area contributed by atoms with Crippen molar-refractivity contribution in [1.29, 1.82) is 0 Å². The van der Waals surface area contributed by atoms with E-state index in [4.69, 9.17) is 5.73 Å². The molecule has 0 saturated carbocycles. The van der Waals surface area contributed by atoms with E-state index in [1.807, 2.05) is 13.0 Å². The van der Waals surface area contributed by atoms with Gasteiger partial charge in [0.25, 0.3) is 0 Å². The van der Waals surface area contributed by atoms with E-state index < -0.39 is 0 Å². The molecule has 3 N–H and O–H groups in total. The van der Waals surface area contributed by atoms with Crippen LogP contribution in [0.1, 0.15) is 25.8 Å². The Hall–Kier alpha value is -1.12. The van der Waals surface area contributed by atoms with Gasteiger partial charge in [-0.05, 0) is 32.3 Å². The maximum Gasteiger partial charge on any atom is 0.0281 e. The molecule has 1 unspecified atom stereocenters. The molecule has 1 aromatic carbocycles. The summed E-state index contributed by atoms with van der Waals surface area (Å²) in [7, 11) is 0. The molecule has 1 atom stereocenters. The lowest BCUT2D eigenvalue weighted by atomic mass is 9.93. The normalized spacial score (nSPS) is 14.3. The molecule has 0 bridgehead atoms. The standard InChI is InChI=1S/C15H24N2/c1-13(2)11-17-15(3,12-16)10-9-14-7-5-4-6-8-14/h4-8,17H,1,9-12,16H2,2-3H3. The average Bonchev–Trinajstić information content (AvgIpc) is 2.35. The van der Waals surface area contributed by atoms with E-state index in [2.05, 4.69) is 43.1 Å². The van der Waals surface area contributed by atoms with Gasteiger partial charge in [0.15, 0.2) is 0 Å². The second kappa shape index (κ2) is 6.58. The molecule has 2 heteroatoms. The van der Waals surface area contributed by atoms with Crippen molar-refractivity contribution in [2.45, 2.75) is 32.2 Å². The Balaban J connectivity index is 2.48. The molecule has 0 aliphatic rings. The van der Waals surface area contributed by atoms with Crippen LogP contribution >= 0.6 is 0 Å². The summed E-state index contributed by atoms with van der Waals surface area (Å²) in [5.41, 5.74) is 8.37. The minimum Gasteiger partial charge on any atom is -0.329 e. The van der Waals surface area contributed by atoms with E-state index in [-0.39, 0.29) is 5.54 Å². The summed E-state index contributed by atoms with van der Waals surface area (Å²) >= 11 is 0. The number of rotatable bonds is 7. The number of aryl methyl sites for hydroxylation is 1. The van der Waals surface area contributed by atoms with Crippen molar-refractivity contribution in [3.05, 3.63) is 48.0 Å². The zero-order chi connectivity index (χ0) is 12.7. The van der Waals surface area contributed by atoms with Crippen molar-refractivity contribution in [3.63, 3.8) is 0 Å². The Morgan fingerprint density at radius 2 is 2.00 bits per heavy atom. The van der Waals surface area contributed by atoms with Gasteiger partial charge in [0, 0.05) is 18.6 Å². The van der Waals surface area contributed by atoms with Gasteiger partial charge >= 0.3 is 0 Å². The average molecular weight is 232 g/mol. The van der Waals surface area contributed by atoms with Crippen molar-refractivity contribution < 1.29 is 0 Å². The molecule has 0 radical (unpaired) electrons. The summed E-state index contributed by atoms with van der Waals surface area (Å²) in [6.07, 6.45) is 2.10. The largest absolute Gasteiger partial charge is 0.329 e. The molecule has 94 valence electrons. The molecule has 0 aromatic heterocycles. The highest BCUT2D eigenvalue weighted by Crippen LogP contribution is 2.13. The van der Waals surface area contributed by atoms with Gasteiger partial charge in [-0.3, -0.25) is 0 Å². The fraction of sp³-hybridized carbons (Fsp3) is 0.467. The number of hydrogen-bond acceptors (Lipinski definition) is 2. The summed E-state index contributed by atoms with van der Waals surface area (Å²) in [6.45, 7) is 9.60. The highest BCUT2D eigenvalue weighted by molar-refractivity contribution is 5.15. The fourth-order valence-corrected chi connectivity index (χ4v) is 1.69. The summed E-state index contributed by atoms with van der Waals surface area (Å²) in [5, 5.41) is 3.49. The minimum atomic E-state index is -0.00517. The Bertz CT molecular complexity index is 345. The Labute approximate surface area is 105 Å². The predicted molar refractivity (Wildman–Crippen MR) is 75.0 cm³/mol. The molecular formula is C15H24N2. The van der Waals surface area contributed by atoms with E-state index >= 15 is 0 Å². The fourth-order valence-electron chi connectivity index (χ4n) is 1.69. The second-order valence-corrected chi connectivity index (χ2v) is 5.06. The minimum absolute atomic E-state index is 0.00517. The maximum atomic E-state index is 5.87. The van der Waals surface area contributed by atoms with Crippen LogP contribution in [0.15, 0.2) is 42.5 Å². The number of nitrogens with two attached hydrogens (primary N) is 1. The van der Waals surface area contributed by atoms with Gasteiger partial charge < -0.3 is 11.1 Å². The molecule has 0 aliphatic carbocycles. The number of benzene rings is 1. The van der Waals surface area contributed by atoms with Gasteiger partial charge in [-0.15, -0.1) is 0 Å². The van der Waals surface area contributed by atoms with E-state index in [1.165, 1.54) is 5.56 Å². The third-order valence-electron chi connectivity index (χ3n) is 3.08. The molecule has 0 heterocycles. The first-order chi connectivity index (χ1) is 8.06. The van der Waals surface area contributed by atoms with Crippen LogP contribution in [0.2, 0.25) is 0 Å². The lowest BCUT2D eigenvalue weighted by molar-refractivity contribution is 0.351. The first-order valence-corrected chi connectivity index (χ1v) is 6.19. The topological polar surface area (TPSA) is 38.0 Å². The van der Waals surface area contributed by atoms with Gasteiger partial charge in [0.05, 0.1) is 0 Å². The van der Waals surface area contributed by atoms with Crippen LogP contribution in [0, 0.1) is 0 Å². The van der Waals surface area contributed by atoms with E-state index in [0.29, 0.717) is 6.54 Å². The number of hydrogen-bond donors (Lipinski definition) is 2. The van der Waals surface area contributed by atoms with Crippen molar-refractivity contribution >= 4 is 0 Å². The van der Waals surface area contributed by atoms with Crippen LogP contribution in [0.3, 0.4) is 0 Å². The second-order valence-electron chi connectivity index (χ2n) is 5.06. The van der Waals surface area contributed by atoms with Gasteiger partial charge in [0.1, 0.15) is 0 Å². The van der Waals surface area contributed by atoms with E-state index in [0.717, 1.165) is 25.0 Å². The van der Waals surface area contributed by atoms with Gasteiger partial charge in [-0.2, -0.15) is 0 Å². The van der Waals surface area contributed by atoms with Crippen molar-refractivity contribution in [2.24, 2.45) is 5.73 Å². The first kappa shape index (κ1) is 13.9. The molecule has 0 amide bonds. The Morgan fingerprint density at radius 1 is 1.35 bits per heavy atom. The molecular weight excluding hydrogens is 208 g/mol. The summed E-state index contributed by atoms with van der Waals surface area (Å²) in [6, 6.07) is 10.5. The van der Waals surface area contributed by atoms with Crippen molar-refractivity contribution in [1.82, 2.24) is 5.32 Å². The molecule has 1 aromatic rings. The first-order valence-electron chi connectivity index (χ1n) is 6.19. The van der Waals surface area contributed by atoms with Crippen molar-refractivity contribution in [2.75, 3.05) is 13.1 Å². The van der Waals surface area contributed by atoms with Gasteiger partial charge in [-0.25, -0.2) is 0 Å². The third kappa shape index (κ3) is 5.16. The van der Waals surface area contributed by atoms with Crippen LogP contribution in [0.5, 0.6) is 0 Å². The van der Waals surface area contributed by atoms with E-state index in [1.54, 1.807) is 0 Å². The Kier molecular flexibility index (Phi) is 5.39. The summed E-state index contributed by atoms with van der Waals surface area (Å²) in [5.74, 6) is 0. The molecule has 0 saturated heterocycles. The van der Waals surface area contributed by atoms with Crippen LogP contribution in [0.25, 0.3) is 0 Å². The SMILES string of the molecule is C=C(C)CNC(C)(CN)CCc1ccccc1. The van der Waals surface area contributed by atoms with Crippen LogP contribution in [-0.2, 0) is 6.42 Å². The van der Waals surface area contributed by atoms with Crippen LogP contribution in [-0.4, -0.2) is 18.6 Å². The van der Waals surface area contributed by atoms with E-state index in [9.17, 15) is 0 Å². The number of nitrogens with one attached hydrogen (secondary N) is 1. The lowest BCUT2D eigenvalue weighted by Crippen LogP contribution is -2.49. The highest BCUT2D eigenvalue weighted by atomic mass is 15.0. The lowest BCUT2D eigenvalue weighted by Gasteiger charge is -2.30. The predicted octanol–water partition coefficient (Wildman–Crippen LogP) is 2.50. The van der Waals surface area contributed by atoms with Gasteiger partial charge in [0.2, 0.25) is 0 Å². The molecule has 0 aliphatic heterocycles. The van der Waals surface area contributed by atoms with Crippen LogP contribution in [0.4, 0.5) is 0 Å².